The van der Waals surface area contributed by atoms with E-state index in [9.17, 15) is 9.59 Å². The lowest BCUT2D eigenvalue weighted by Gasteiger charge is -2.10. The SMILES string of the molecule is COc1ccc(CCNC(=O)CSc2nc3c(cnn3-c3ccccc3)c(=O)[nH]2)cc1OC. The van der Waals surface area contributed by atoms with E-state index in [1.807, 2.05) is 48.5 Å². The van der Waals surface area contributed by atoms with Gasteiger partial charge in [-0.1, -0.05) is 36.0 Å². The summed E-state index contributed by atoms with van der Waals surface area (Å²) in [6, 6.07) is 15.1. The average Bonchev–Trinajstić information content (AvgIpc) is 3.28. The van der Waals surface area contributed by atoms with E-state index in [0.717, 1.165) is 11.3 Å². The zero-order valence-corrected chi connectivity index (χ0v) is 19.0. The molecule has 2 aromatic carbocycles. The summed E-state index contributed by atoms with van der Waals surface area (Å²) in [6.07, 6.45) is 2.14. The minimum absolute atomic E-state index is 0.125. The number of hydrogen-bond donors (Lipinski definition) is 2. The molecule has 170 valence electrons. The number of fused-ring (bicyclic) bond motifs is 1. The van der Waals surface area contributed by atoms with Gasteiger partial charge in [-0.25, -0.2) is 9.67 Å². The van der Waals surface area contributed by atoms with E-state index in [0.29, 0.717) is 40.7 Å². The molecule has 4 aromatic rings. The van der Waals surface area contributed by atoms with Gasteiger partial charge < -0.3 is 19.8 Å². The number of ether oxygens (including phenoxy) is 2. The largest absolute Gasteiger partial charge is 0.493 e. The van der Waals surface area contributed by atoms with E-state index < -0.39 is 0 Å². The highest BCUT2D eigenvalue weighted by atomic mass is 32.2. The summed E-state index contributed by atoms with van der Waals surface area (Å²) in [7, 11) is 3.17. The van der Waals surface area contributed by atoms with Crippen molar-refractivity contribution in [3.8, 4) is 17.2 Å². The Kier molecular flexibility index (Phi) is 6.94. The Hall–Kier alpha value is -3.79. The molecule has 0 fully saturated rings. The van der Waals surface area contributed by atoms with E-state index in [1.54, 1.807) is 18.9 Å². The van der Waals surface area contributed by atoms with Crippen LogP contribution in [0.3, 0.4) is 0 Å². The number of aromatic amines is 1. The lowest BCUT2D eigenvalue weighted by Crippen LogP contribution is -2.27. The van der Waals surface area contributed by atoms with Crippen LogP contribution in [-0.4, -0.2) is 52.2 Å². The van der Waals surface area contributed by atoms with Gasteiger partial charge in [0.25, 0.3) is 5.56 Å². The van der Waals surface area contributed by atoms with Gasteiger partial charge in [-0.15, -0.1) is 0 Å². The fourth-order valence-electron chi connectivity index (χ4n) is 3.29. The molecular formula is C23H23N5O4S. The molecule has 1 amide bonds. The third kappa shape index (κ3) is 5.17. The van der Waals surface area contributed by atoms with Crippen LogP contribution in [0.4, 0.5) is 0 Å². The van der Waals surface area contributed by atoms with Gasteiger partial charge in [-0.3, -0.25) is 9.59 Å². The first-order chi connectivity index (χ1) is 16.1. The summed E-state index contributed by atoms with van der Waals surface area (Å²) in [5.41, 5.74) is 1.97. The molecule has 2 aromatic heterocycles. The first-order valence-corrected chi connectivity index (χ1v) is 11.2. The fraction of sp³-hybridized carbons (Fsp3) is 0.217. The summed E-state index contributed by atoms with van der Waals surface area (Å²) in [5, 5.41) is 7.92. The molecule has 33 heavy (non-hydrogen) atoms. The van der Waals surface area contributed by atoms with Crippen molar-refractivity contribution in [2.45, 2.75) is 11.6 Å². The number of para-hydroxylation sites is 1. The Bertz CT molecular complexity index is 1320. The summed E-state index contributed by atoms with van der Waals surface area (Å²) in [6.45, 7) is 0.471. The quantitative estimate of drug-likeness (QED) is 0.289. The molecule has 0 saturated heterocycles. The van der Waals surface area contributed by atoms with Crippen LogP contribution in [0, 0.1) is 0 Å². The van der Waals surface area contributed by atoms with Crippen molar-refractivity contribution in [2.24, 2.45) is 0 Å². The maximum absolute atomic E-state index is 12.4. The molecule has 0 spiro atoms. The van der Waals surface area contributed by atoms with E-state index >= 15 is 0 Å². The highest BCUT2D eigenvalue weighted by molar-refractivity contribution is 7.99. The average molecular weight is 466 g/mol. The van der Waals surface area contributed by atoms with Crippen LogP contribution in [0.25, 0.3) is 16.7 Å². The van der Waals surface area contributed by atoms with E-state index in [-0.39, 0.29) is 17.2 Å². The molecule has 0 bridgehead atoms. The highest BCUT2D eigenvalue weighted by Crippen LogP contribution is 2.27. The number of methoxy groups -OCH3 is 2. The fourth-order valence-corrected chi connectivity index (χ4v) is 3.98. The third-order valence-corrected chi connectivity index (χ3v) is 5.81. The van der Waals surface area contributed by atoms with E-state index in [4.69, 9.17) is 9.47 Å². The third-order valence-electron chi connectivity index (χ3n) is 4.94. The smallest absolute Gasteiger partial charge is 0.262 e. The van der Waals surface area contributed by atoms with Crippen LogP contribution in [0.2, 0.25) is 0 Å². The summed E-state index contributed by atoms with van der Waals surface area (Å²) in [4.78, 5) is 32.0. The monoisotopic (exact) mass is 465 g/mol. The second-order valence-electron chi connectivity index (χ2n) is 7.08. The van der Waals surface area contributed by atoms with Crippen LogP contribution in [0.15, 0.2) is 64.7 Å². The van der Waals surface area contributed by atoms with Crippen molar-refractivity contribution in [3.05, 3.63) is 70.6 Å². The van der Waals surface area contributed by atoms with Crippen molar-refractivity contribution in [2.75, 3.05) is 26.5 Å². The van der Waals surface area contributed by atoms with Gasteiger partial charge in [0.15, 0.2) is 22.3 Å². The molecule has 2 N–H and O–H groups in total. The van der Waals surface area contributed by atoms with Gasteiger partial charge in [-0.05, 0) is 36.2 Å². The van der Waals surface area contributed by atoms with Gasteiger partial charge in [0.2, 0.25) is 5.91 Å². The first-order valence-electron chi connectivity index (χ1n) is 10.2. The van der Waals surface area contributed by atoms with Crippen LogP contribution >= 0.6 is 11.8 Å². The van der Waals surface area contributed by atoms with Gasteiger partial charge in [0.1, 0.15) is 5.39 Å². The predicted molar refractivity (Wildman–Crippen MR) is 126 cm³/mol. The lowest BCUT2D eigenvalue weighted by atomic mass is 10.1. The number of thioether (sulfide) groups is 1. The number of hydrogen-bond acceptors (Lipinski definition) is 7. The standard InChI is InChI=1S/C23H23N5O4S/c1-31-18-9-8-15(12-19(18)32-2)10-11-24-20(29)14-33-23-26-21-17(22(30)27-23)13-25-28(21)16-6-4-3-5-7-16/h3-9,12-13H,10-11,14H2,1-2H3,(H,24,29)(H,26,27,30). The number of nitrogens with one attached hydrogen (secondary N) is 2. The zero-order valence-electron chi connectivity index (χ0n) is 18.2. The molecule has 0 aliphatic rings. The lowest BCUT2D eigenvalue weighted by molar-refractivity contribution is -0.118. The predicted octanol–water partition coefficient (Wildman–Crippen LogP) is 2.58. The topological polar surface area (TPSA) is 111 Å². The van der Waals surface area contributed by atoms with Crippen molar-refractivity contribution in [1.29, 1.82) is 0 Å². The number of benzene rings is 2. The number of aromatic nitrogens is 4. The molecule has 0 saturated carbocycles. The van der Waals surface area contributed by atoms with Crippen LogP contribution in [0.1, 0.15) is 5.56 Å². The van der Waals surface area contributed by atoms with Gasteiger partial charge >= 0.3 is 0 Å². The first kappa shape index (κ1) is 22.4. The second kappa shape index (κ2) is 10.2. The van der Waals surface area contributed by atoms with Crippen molar-refractivity contribution in [1.82, 2.24) is 25.1 Å². The molecule has 2 heterocycles. The number of nitrogens with zero attached hydrogens (tertiary/aromatic N) is 3. The van der Waals surface area contributed by atoms with Crippen LogP contribution < -0.4 is 20.3 Å². The van der Waals surface area contributed by atoms with Crippen LogP contribution in [0.5, 0.6) is 11.5 Å². The Morgan fingerprint density at radius 3 is 2.67 bits per heavy atom. The molecule has 0 unspecified atom stereocenters. The van der Waals surface area contributed by atoms with Gasteiger partial charge in [0, 0.05) is 6.54 Å². The summed E-state index contributed by atoms with van der Waals surface area (Å²) >= 11 is 1.17. The highest BCUT2D eigenvalue weighted by Gasteiger charge is 2.13. The van der Waals surface area contributed by atoms with Crippen molar-refractivity contribution >= 4 is 28.7 Å². The number of H-pyrrole nitrogens is 1. The number of carbonyl (C=O) groups is 1. The van der Waals surface area contributed by atoms with Crippen LogP contribution in [-0.2, 0) is 11.2 Å². The Balaban J connectivity index is 1.36. The maximum Gasteiger partial charge on any atom is 0.262 e. The van der Waals surface area contributed by atoms with E-state index in [1.165, 1.54) is 18.0 Å². The molecule has 0 aliphatic carbocycles. The Morgan fingerprint density at radius 2 is 1.91 bits per heavy atom. The van der Waals surface area contributed by atoms with Gasteiger partial charge in [0.05, 0.1) is 31.9 Å². The molecule has 0 atom stereocenters. The zero-order chi connectivity index (χ0) is 23.2. The molecule has 0 radical (unpaired) electrons. The molecule has 4 rings (SSSR count). The van der Waals surface area contributed by atoms with E-state index in [2.05, 4.69) is 20.4 Å². The summed E-state index contributed by atoms with van der Waals surface area (Å²) in [5.74, 6) is 1.28. The van der Waals surface area contributed by atoms with Gasteiger partial charge in [-0.2, -0.15) is 5.10 Å². The minimum atomic E-state index is -0.293. The summed E-state index contributed by atoms with van der Waals surface area (Å²) < 4.78 is 12.2. The number of amides is 1. The Labute approximate surface area is 194 Å². The Morgan fingerprint density at radius 1 is 1.12 bits per heavy atom. The molecule has 9 nitrogen and oxygen atoms in total. The van der Waals surface area contributed by atoms with Crippen molar-refractivity contribution < 1.29 is 14.3 Å². The normalized spacial score (nSPS) is 10.8. The second-order valence-corrected chi connectivity index (χ2v) is 8.04. The molecule has 10 heteroatoms. The maximum atomic E-state index is 12.4. The molecule has 0 aliphatic heterocycles. The number of carbonyl (C=O) groups excluding carboxylic acids is 1. The molecular weight excluding hydrogens is 442 g/mol. The number of rotatable bonds is 9. The van der Waals surface area contributed by atoms with Crippen molar-refractivity contribution in [3.63, 3.8) is 0 Å². The minimum Gasteiger partial charge on any atom is -0.493 e.